The van der Waals surface area contributed by atoms with E-state index in [0.717, 1.165) is 18.2 Å². The zero-order valence-corrected chi connectivity index (χ0v) is 11.0. The summed E-state index contributed by atoms with van der Waals surface area (Å²) in [6, 6.07) is 8.79. The summed E-state index contributed by atoms with van der Waals surface area (Å²) < 4.78 is 56.3. The first kappa shape index (κ1) is 15.3. The Morgan fingerprint density at radius 3 is 2.43 bits per heavy atom. The molecule has 21 heavy (non-hydrogen) atoms. The van der Waals surface area contributed by atoms with Crippen LogP contribution in [0, 0.1) is 5.82 Å². The van der Waals surface area contributed by atoms with E-state index in [0.29, 0.717) is 11.1 Å². The van der Waals surface area contributed by atoms with Crippen molar-refractivity contribution >= 4 is 0 Å². The fourth-order valence-electron chi connectivity index (χ4n) is 1.83. The standard InChI is InChI=1S/C15H13F4NO/c16-13-5-11(8-20)6-14(7-13)21-9-10-2-1-3-12(4-10)15(17,18)19/h1-7H,8-9,20H2. The molecule has 2 nitrogen and oxygen atoms in total. The summed E-state index contributed by atoms with van der Waals surface area (Å²) in [5.74, 6) is -0.273. The average molecular weight is 299 g/mol. The van der Waals surface area contributed by atoms with Gasteiger partial charge in [0.25, 0.3) is 0 Å². The topological polar surface area (TPSA) is 35.2 Å². The third-order valence-electron chi connectivity index (χ3n) is 2.83. The maximum Gasteiger partial charge on any atom is 0.416 e. The van der Waals surface area contributed by atoms with Crippen molar-refractivity contribution in [2.24, 2.45) is 5.73 Å². The van der Waals surface area contributed by atoms with Crippen LogP contribution < -0.4 is 10.5 Å². The molecule has 2 aromatic rings. The van der Waals surface area contributed by atoms with Crippen LogP contribution >= 0.6 is 0 Å². The molecule has 2 rings (SSSR count). The second-order valence-electron chi connectivity index (χ2n) is 4.49. The molecular formula is C15H13F4NO. The summed E-state index contributed by atoms with van der Waals surface area (Å²) >= 11 is 0. The Morgan fingerprint density at radius 2 is 1.76 bits per heavy atom. The first-order valence-corrected chi connectivity index (χ1v) is 6.17. The van der Waals surface area contributed by atoms with Crippen molar-refractivity contribution in [3.8, 4) is 5.75 Å². The van der Waals surface area contributed by atoms with Crippen LogP contribution in [0.3, 0.4) is 0 Å². The van der Waals surface area contributed by atoms with Crippen LogP contribution in [0.5, 0.6) is 5.75 Å². The molecule has 0 saturated carbocycles. The predicted molar refractivity (Wildman–Crippen MR) is 70.1 cm³/mol. The lowest BCUT2D eigenvalue weighted by Gasteiger charge is -2.11. The summed E-state index contributed by atoms with van der Waals surface area (Å²) in [4.78, 5) is 0. The minimum absolute atomic E-state index is 0.0859. The zero-order valence-electron chi connectivity index (χ0n) is 11.0. The highest BCUT2D eigenvalue weighted by atomic mass is 19.4. The smallest absolute Gasteiger partial charge is 0.416 e. The van der Waals surface area contributed by atoms with E-state index >= 15 is 0 Å². The Kier molecular flexibility index (Phi) is 4.47. The summed E-state index contributed by atoms with van der Waals surface area (Å²) in [6.07, 6.45) is -4.40. The first-order valence-electron chi connectivity index (χ1n) is 6.17. The van der Waals surface area contributed by atoms with Crippen LogP contribution in [0.2, 0.25) is 0 Å². The van der Waals surface area contributed by atoms with Gasteiger partial charge in [0, 0.05) is 12.6 Å². The van der Waals surface area contributed by atoms with Crippen molar-refractivity contribution < 1.29 is 22.3 Å². The van der Waals surface area contributed by atoms with Crippen molar-refractivity contribution in [1.29, 1.82) is 0 Å². The van der Waals surface area contributed by atoms with E-state index < -0.39 is 17.6 Å². The lowest BCUT2D eigenvalue weighted by atomic mass is 10.1. The minimum atomic E-state index is -4.40. The van der Waals surface area contributed by atoms with Gasteiger partial charge in [-0.05, 0) is 35.4 Å². The van der Waals surface area contributed by atoms with Crippen molar-refractivity contribution in [2.75, 3.05) is 0 Å². The molecule has 0 aliphatic carbocycles. The molecule has 0 radical (unpaired) electrons. The van der Waals surface area contributed by atoms with Crippen molar-refractivity contribution in [3.05, 3.63) is 65.0 Å². The number of nitrogens with two attached hydrogens (primary N) is 1. The van der Waals surface area contributed by atoms with Gasteiger partial charge in [0.05, 0.1) is 5.56 Å². The Hall–Kier alpha value is -2.08. The van der Waals surface area contributed by atoms with E-state index in [2.05, 4.69) is 0 Å². The largest absolute Gasteiger partial charge is 0.489 e. The van der Waals surface area contributed by atoms with Crippen molar-refractivity contribution in [2.45, 2.75) is 19.3 Å². The molecule has 0 aliphatic rings. The summed E-state index contributed by atoms with van der Waals surface area (Å²) in [6.45, 7) is 0.0645. The van der Waals surface area contributed by atoms with Gasteiger partial charge in [0.15, 0.2) is 0 Å². The molecule has 0 heterocycles. The third-order valence-corrected chi connectivity index (χ3v) is 2.83. The number of benzene rings is 2. The number of hydrogen-bond donors (Lipinski definition) is 1. The molecule has 0 fully saturated rings. The molecule has 6 heteroatoms. The lowest BCUT2D eigenvalue weighted by molar-refractivity contribution is -0.137. The van der Waals surface area contributed by atoms with Crippen LogP contribution in [0.25, 0.3) is 0 Å². The number of alkyl halides is 3. The fraction of sp³-hybridized carbons (Fsp3) is 0.200. The van der Waals surface area contributed by atoms with Crippen molar-refractivity contribution in [3.63, 3.8) is 0 Å². The van der Waals surface area contributed by atoms with E-state index in [-0.39, 0.29) is 18.9 Å². The highest BCUT2D eigenvalue weighted by molar-refractivity contribution is 5.30. The number of ether oxygens (including phenoxy) is 1. The Morgan fingerprint density at radius 1 is 1.00 bits per heavy atom. The monoisotopic (exact) mass is 299 g/mol. The lowest BCUT2D eigenvalue weighted by Crippen LogP contribution is -2.06. The number of hydrogen-bond acceptors (Lipinski definition) is 2. The summed E-state index contributed by atoms with van der Waals surface area (Å²) in [5.41, 5.74) is 5.57. The number of rotatable bonds is 4. The van der Waals surface area contributed by atoms with Crippen molar-refractivity contribution in [1.82, 2.24) is 0 Å². The summed E-state index contributed by atoms with van der Waals surface area (Å²) in [7, 11) is 0. The molecule has 0 saturated heterocycles. The average Bonchev–Trinajstić information content (AvgIpc) is 2.44. The maximum absolute atomic E-state index is 13.3. The van der Waals surface area contributed by atoms with Crippen LogP contribution in [0.1, 0.15) is 16.7 Å². The first-order chi connectivity index (χ1) is 9.88. The quantitative estimate of drug-likeness (QED) is 0.870. The van der Waals surface area contributed by atoms with Crippen LogP contribution in [0.15, 0.2) is 42.5 Å². The predicted octanol–water partition coefficient (Wildman–Crippen LogP) is 3.88. The Balaban J connectivity index is 2.11. The zero-order chi connectivity index (χ0) is 15.5. The molecule has 0 aliphatic heterocycles. The van der Waals surface area contributed by atoms with E-state index in [9.17, 15) is 17.6 Å². The van der Waals surface area contributed by atoms with Gasteiger partial charge < -0.3 is 10.5 Å². The highest BCUT2D eigenvalue weighted by Crippen LogP contribution is 2.29. The Bertz CT molecular complexity index is 625. The van der Waals surface area contributed by atoms with Gasteiger partial charge in [-0.1, -0.05) is 12.1 Å². The van der Waals surface area contributed by atoms with E-state index in [1.165, 1.54) is 18.2 Å². The fourth-order valence-corrected chi connectivity index (χ4v) is 1.83. The van der Waals surface area contributed by atoms with Gasteiger partial charge in [-0.25, -0.2) is 4.39 Å². The van der Waals surface area contributed by atoms with E-state index in [4.69, 9.17) is 10.5 Å². The molecule has 0 amide bonds. The normalized spacial score (nSPS) is 11.5. The second kappa shape index (κ2) is 6.13. The second-order valence-corrected chi connectivity index (χ2v) is 4.49. The molecular weight excluding hydrogens is 286 g/mol. The molecule has 0 bridgehead atoms. The molecule has 0 unspecified atom stereocenters. The molecule has 2 N–H and O–H groups in total. The van der Waals surface area contributed by atoms with Crippen LogP contribution in [0.4, 0.5) is 17.6 Å². The summed E-state index contributed by atoms with van der Waals surface area (Å²) in [5, 5.41) is 0. The molecule has 0 atom stereocenters. The van der Waals surface area contributed by atoms with Gasteiger partial charge in [-0.15, -0.1) is 0 Å². The molecule has 2 aromatic carbocycles. The van der Waals surface area contributed by atoms with E-state index in [1.54, 1.807) is 6.07 Å². The van der Waals surface area contributed by atoms with Gasteiger partial charge in [0.2, 0.25) is 0 Å². The van der Waals surface area contributed by atoms with E-state index in [1.807, 2.05) is 0 Å². The molecule has 0 spiro atoms. The highest BCUT2D eigenvalue weighted by Gasteiger charge is 2.30. The van der Waals surface area contributed by atoms with Gasteiger partial charge >= 0.3 is 6.18 Å². The van der Waals surface area contributed by atoms with Crippen LogP contribution in [-0.4, -0.2) is 0 Å². The number of halogens is 4. The Labute approximate surface area is 119 Å². The third kappa shape index (κ3) is 4.19. The van der Waals surface area contributed by atoms with Gasteiger partial charge in [0.1, 0.15) is 18.2 Å². The molecule has 112 valence electrons. The van der Waals surface area contributed by atoms with Gasteiger partial charge in [-0.3, -0.25) is 0 Å². The maximum atomic E-state index is 13.3. The minimum Gasteiger partial charge on any atom is -0.489 e. The van der Waals surface area contributed by atoms with Crippen LogP contribution in [-0.2, 0) is 19.3 Å². The van der Waals surface area contributed by atoms with Gasteiger partial charge in [-0.2, -0.15) is 13.2 Å². The molecule has 0 aromatic heterocycles. The SMILES string of the molecule is NCc1cc(F)cc(OCc2cccc(C(F)(F)F)c2)c1.